The minimum atomic E-state index is -0.682. The predicted molar refractivity (Wildman–Crippen MR) is 90.9 cm³/mol. The molecule has 0 atom stereocenters. The van der Waals surface area contributed by atoms with Crippen LogP contribution in [0.1, 0.15) is 12.5 Å². The molecule has 0 heterocycles. The van der Waals surface area contributed by atoms with Gasteiger partial charge in [-0.1, -0.05) is 48.5 Å². The smallest absolute Gasteiger partial charge is 0.0633 e. The molecule has 0 aliphatic carbocycles. The van der Waals surface area contributed by atoms with Crippen LogP contribution in [0.4, 0.5) is 0 Å². The largest absolute Gasteiger partial charge is 0.394 e. The van der Waals surface area contributed by atoms with Gasteiger partial charge in [-0.05, 0) is 40.1 Å². The summed E-state index contributed by atoms with van der Waals surface area (Å²) in [5, 5.41) is 27.0. The Morgan fingerprint density at radius 3 is 1.86 bits per heavy atom. The van der Waals surface area contributed by atoms with E-state index in [1.807, 2.05) is 31.2 Å². The van der Waals surface area contributed by atoms with Gasteiger partial charge >= 0.3 is 0 Å². The molecule has 0 aromatic heterocycles. The first-order valence-electron chi connectivity index (χ1n) is 7.53. The number of benzene rings is 3. The van der Waals surface area contributed by atoms with Crippen LogP contribution < -0.4 is 5.32 Å². The van der Waals surface area contributed by atoms with Gasteiger partial charge in [0.2, 0.25) is 0 Å². The van der Waals surface area contributed by atoms with Crippen LogP contribution in [-0.4, -0.2) is 29.0 Å². The Hall–Kier alpha value is -1.94. The van der Waals surface area contributed by atoms with Crippen LogP contribution >= 0.6 is 0 Å². The molecule has 0 radical (unpaired) electrons. The van der Waals surface area contributed by atoms with E-state index in [1.54, 1.807) is 0 Å². The molecule has 3 aromatic rings. The van der Waals surface area contributed by atoms with Crippen LogP contribution in [0.2, 0.25) is 0 Å². The Labute approximate surface area is 130 Å². The summed E-state index contributed by atoms with van der Waals surface area (Å²) in [6, 6.07) is 18.8. The molecule has 0 saturated heterocycles. The lowest BCUT2D eigenvalue weighted by atomic mass is 9.95. The van der Waals surface area contributed by atoms with Crippen molar-refractivity contribution in [1.29, 1.82) is 0 Å². The standard InChI is InChI=1S/C19H21NO2/c1-19(12-21,13-22)20-11-18-16-8-4-2-6-14(16)10-15-7-3-5-9-17(15)18/h2-10,20-22H,11-13H2,1H3. The van der Waals surface area contributed by atoms with Crippen LogP contribution in [-0.2, 0) is 6.54 Å². The second-order valence-electron chi connectivity index (χ2n) is 6.03. The van der Waals surface area contributed by atoms with Crippen molar-refractivity contribution in [3.05, 3.63) is 60.2 Å². The first kappa shape index (κ1) is 15.0. The summed E-state index contributed by atoms with van der Waals surface area (Å²) in [5.41, 5.74) is 0.514. The van der Waals surface area contributed by atoms with E-state index in [1.165, 1.54) is 27.1 Å². The first-order chi connectivity index (χ1) is 10.7. The third-order valence-electron chi connectivity index (χ3n) is 4.27. The van der Waals surface area contributed by atoms with Gasteiger partial charge in [0, 0.05) is 6.54 Å². The van der Waals surface area contributed by atoms with Crippen LogP contribution in [0.3, 0.4) is 0 Å². The van der Waals surface area contributed by atoms with Crippen molar-refractivity contribution in [3.63, 3.8) is 0 Å². The van der Waals surface area contributed by atoms with E-state index in [0.29, 0.717) is 6.54 Å². The average Bonchev–Trinajstić information content (AvgIpc) is 2.58. The fraction of sp³-hybridized carbons (Fsp3) is 0.263. The zero-order chi connectivity index (χ0) is 15.6. The van der Waals surface area contributed by atoms with Gasteiger partial charge in [-0.25, -0.2) is 0 Å². The van der Waals surface area contributed by atoms with Gasteiger partial charge < -0.3 is 15.5 Å². The Morgan fingerprint density at radius 2 is 1.36 bits per heavy atom. The van der Waals surface area contributed by atoms with Crippen LogP contribution in [0.15, 0.2) is 54.6 Å². The maximum Gasteiger partial charge on any atom is 0.0633 e. The zero-order valence-electron chi connectivity index (χ0n) is 12.7. The van der Waals surface area contributed by atoms with Gasteiger partial charge in [0.1, 0.15) is 0 Å². The number of nitrogens with one attached hydrogen (secondary N) is 1. The summed E-state index contributed by atoms with van der Waals surface area (Å²) < 4.78 is 0. The summed E-state index contributed by atoms with van der Waals surface area (Å²) in [5.74, 6) is 0. The number of aliphatic hydroxyl groups is 2. The SMILES string of the molecule is CC(CO)(CO)NCc1c2ccccc2cc2ccccc12. The van der Waals surface area contributed by atoms with Gasteiger partial charge in [-0.2, -0.15) is 0 Å². The molecule has 0 saturated carbocycles. The van der Waals surface area contributed by atoms with Gasteiger partial charge in [-0.15, -0.1) is 0 Å². The van der Waals surface area contributed by atoms with Crippen molar-refractivity contribution in [2.45, 2.75) is 19.0 Å². The zero-order valence-corrected chi connectivity index (χ0v) is 12.7. The average molecular weight is 295 g/mol. The summed E-state index contributed by atoms with van der Waals surface area (Å²) in [6.07, 6.45) is 0. The second kappa shape index (κ2) is 6.05. The third kappa shape index (κ3) is 2.71. The highest BCUT2D eigenvalue weighted by molar-refractivity contribution is 6.02. The summed E-state index contributed by atoms with van der Waals surface area (Å²) >= 11 is 0. The predicted octanol–water partition coefficient (Wildman–Crippen LogP) is 2.83. The molecular formula is C19H21NO2. The number of fused-ring (bicyclic) bond motifs is 2. The fourth-order valence-corrected chi connectivity index (χ4v) is 2.76. The number of hydrogen-bond acceptors (Lipinski definition) is 3. The highest BCUT2D eigenvalue weighted by atomic mass is 16.3. The van der Waals surface area contributed by atoms with Crippen molar-refractivity contribution in [2.75, 3.05) is 13.2 Å². The minimum Gasteiger partial charge on any atom is -0.394 e. The molecule has 0 fully saturated rings. The van der Waals surface area contributed by atoms with Crippen molar-refractivity contribution < 1.29 is 10.2 Å². The summed E-state index contributed by atoms with van der Waals surface area (Å²) in [6.45, 7) is 2.21. The molecule has 0 spiro atoms. The number of aliphatic hydroxyl groups excluding tert-OH is 2. The maximum atomic E-state index is 9.47. The molecule has 3 N–H and O–H groups in total. The highest BCUT2D eigenvalue weighted by Crippen LogP contribution is 2.28. The lowest BCUT2D eigenvalue weighted by molar-refractivity contribution is 0.103. The quantitative estimate of drug-likeness (QED) is 0.634. The van der Waals surface area contributed by atoms with E-state index >= 15 is 0 Å². The monoisotopic (exact) mass is 295 g/mol. The number of hydrogen-bond donors (Lipinski definition) is 3. The maximum absolute atomic E-state index is 9.47. The van der Waals surface area contributed by atoms with E-state index in [-0.39, 0.29) is 13.2 Å². The Balaban J connectivity index is 2.12. The van der Waals surface area contributed by atoms with E-state index in [4.69, 9.17) is 0 Å². The molecule has 0 aliphatic heterocycles. The van der Waals surface area contributed by atoms with Gasteiger partial charge in [0.15, 0.2) is 0 Å². The van der Waals surface area contributed by atoms with Crippen molar-refractivity contribution >= 4 is 21.5 Å². The van der Waals surface area contributed by atoms with Crippen molar-refractivity contribution in [2.24, 2.45) is 0 Å². The van der Waals surface area contributed by atoms with E-state index in [9.17, 15) is 10.2 Å². The molecular weight excluding hydrogens is 274 g/mol. The molecule has 3 rings (SSSR count). The molecule has 114 valence electrons. The van der Waals surface area contributed by atoms with Crippen LogP contribution in [0.25, 0.3) is 21.5 Å². The van der Waals surface area contributed by atoms with Crippen LogP contribution in [0.5, 0.6) is 0 Å². The number of rotatable bonds is 5. The lowest BCUT2D eigenvalue weighted by Gasteiger charge is -2.27. The van der Waals surface area contributed by atoms with Gasteiger partial charge in [-0.3, -0.25) is 0 Å². The van der Waals surface area contributed by atoms with E-state index in [2.05, 4.69) is 35.6 Å². The molecule has 0 bridgehead atoms. The van der Waals surface area contributed by atoms with Gasteiger partial charge in [0.25, 0.3) is 0 Å². The topological polar surface area (TPSA) is 52.5 Å². The van der Waals surface area contributed by atoms with Crippen LogP contribution in [0, 0.1) is 0 Å². The van der Waals surface area contributed by atoms with E-state index < -0.39 is 5.54 Å². The molecule has 0 aliphatic rings. The first-order valence-corrected chi connectivity index (χ1v) is 7.53. The lowest BCUT2D eigenvalue weighted by Crippen LogP contribution is -2.48. The molecule has 3 heteroatoms. The highest BCUT2D eigenvalue weighted by Gasteiger charge is 2.22. The molecule has 22 heavy (non-hydrogen) atoms. The third-order valence-corrected chi connectivity index (χ3v) is 4.27. The molecule has 0 unspecified atom stereocenters. The summed E-state index contributed by atoms with van der Waals surface area (Å²) in [4.78, 5) is 0. The Bertz CT molecular complexity index is 740. The summed E-state index contributed by atoms with van der Waals surface area (Å²) in [7, 11) is 0. The minimum absolute atomic E-state index is 0.105. The Morgan fingerprint density at radius 1 is 0.864 bits per heavy atom. The molecule has 0 amide bonds. The normalized spacial score (nSPS) is 12.1. The van der Waals surface area contributed by atoms with Gasteiger partial charge in [0.05, 0.1) is 18.8 Å². The second-order valence-corrected chi connectivity index (χ2v) is 6.03. The van der Waals surface area contributed by atoms with Crippen molar-refractivity contribution in [1.82, 2.24) is 5.32 Å². The van der Waals surface area contributed by atoms with E-state index in [0.717, 1.165) is 0 Å². The van der Waals surface area contributed by atoms with Crippen molar-refractivity contribution in [3.8, 4) is 0 Å². The Kier molecular flexibility index (Phi) is 4.12. The molecule has 3 aromatic carbocycles. The fourth-order valence-electron chi connectivity index (χ4n) is 2.76. The molecule has 3 nitrogen and oxygen atoms in total.